The minimum absolute atomic E-state index is 0.179. The maximum Gasteiger partial charge on any atom is 0.323 e. The Balaban J connectivity index is 1.48. The second kappa shape index (κ2) is 10.1. The highest BCUT2D eigenvalue weighted by Gasteiger charge is 2.18. The highest BCUT2D eigenvalue weighted by Crippen LogP contribution is 2.26. The van der Waals surface area contributed by atoms with Crippen LogP contribution in [0.3, 0.4) is 0 Å². The van der Waals surface area contributed by atoms with E-state index in [2.05, 4.69) is 10.6 Å². The van der Waals surface area contributed by atoms with E-state index >= 15 is 0 Å². The van der Waals surface area contributed by atoms with Crippen LogP contribution in [0.5, 0.6) is 0 Å². The van der Waals surface area contributed by atoms with Crippen molar-refractivity contribution in [2.45, 2.75) is 24.5 Å². The van der Waals surface area contributed by atoms with Crippen LogP contribution in [0.1, 0.15) is 16.7 Å². The predicted molar refractivity (Wildman–Crippen MR) is 138 cm³/mol. The molecular formula is C28H25FN2O3S. The number of carbonyl (C=O) groups excluding carboxylic acids is 1. The van der Waals surface area contributed by atoms with Gasteiger partial charge < -0.3 is 10.6 Å². The smallest absolute Gasteiger partial charge is 0.308 e. The molecule has 0 saturated heterocycles. The number of hydrogen-bond acceptors (Lipinski definition) is 3. The normalized spacial score (nSPS) is 11.2. The quantitative estimate of drug-likeness (QED) is 0.316. The summed E-state index contributed by atoms with van der Waals surface area (Å²) >= 11 is 0. The molecule has 2 amide bonds. The molecular weight excluding hydrogens is 463 g/mol. The molecule has 0 aliphatic rings. The van der Waals surface area contributed by atoms with Crippen LogP contribution >= 0.6 is 0 Å². The molecule has 4 aromatic carbocycles. The van der Waals surface area contributed by atoms with Crippen molar-refractivity contribution in [3.05, 3.63) is 114 Å². The van der Waals surface area contributed by atoms with Gasteiger partial charge in [-0.05, 0) is 84.1 Å². The molecule has 0 aliphatic carbocycles. The molecule has 7 heteroatoms. The number of anilines is 2. The Bertz CT molecular complexity index is 1480. The van der Waals surface area contributed by atoms with Gasteiger partial charge in [0.2, 0.25) is 0 Å². The summed E-state index contributed by atoms with van der Waals surface area (Å²) in [6, 6.07) is 24.8. The van der Waals surface area contributed by atoms with Crippen molar-refractivity contribution in [2.75, 3.05) is 10.6 Å². The number of para-hydroxylation sites is 1. The van der Waals surface area contributed by atoms with Gasteiger partial charge in [0.25, 0.3) is 0 Å². The van der Waals surface area contributed by atoms with E-state index in [-0.39, 0.29) is 22.5 Å². The standard InChI is InChI=1S/C28H25FN2O3S/c1-19-6-3-4-9-27(19)31-28(32)30-25-15-12-23(20(2)16-25)18-35(33,34)26-8-5-7-22(17-26)21-10-13-24(29)14-11-21/h3-17H,18H2,1-2H3,(H2,30,31,32). The second-order valence-electron chi connectivity index (χ2n) is 8.33. The minimum atomic E-state index is -3.63. The molecule has 178 valence electrons. The largest absolute Gasteiger partial charge is 0.323 e. The van der Waals surface area contributed by atoms with E-state index in [0.29, 0.717) is 22.5 Å². The lowest BCUT2D eigenvalue weighted by Crippen LogP contribution is -2.20. The summed E-state index contributed by atoms with van der Waals surface area (Å²) in [5.74, 6) is -0.528. The van der Waals surface area contributed by atoms with E-state index in [1.165, 1.54) is 12.1 Å². The molecule has 0 aliphatic heterocycles. The van der Waals surface area contributed by atoms with Gasteiger partial charge in [-0.3, -0.25) is 0 Å². The zero-order valence-corrected chi connectivity index (χ0v) is 20.2. The summed E-state index contributed by atoms with van der Waals surface area (Å²) in [5, 5.41) is 5.59. The molecule has 0 radical (unpaired) electrons. The molecule has 0 heterocycles. The lowest BCUT2D eigenvalue weighted by Gasteiger charge is -2.13. The molecule has 0 fully saturated rings. The van der Waals surface area contributed by atoms with Crippen molar-refractivity contribution >= 4 is 27.2 Å². The number of nitrogens with one attached hydrogen (secondary N) is 2. The average Bonchev–Trinajstić information content (AvgIpc) is 2.83. The summed E-state index contributed by atoms with van der Waals surface area (Å²) in [6.07, 6.45) is 0. The van der Waals surface area contributed by atoms with E-state index in [4.69, 9.17) is 0 Å². The second-order valence-corrected chi connectivity index (χ2v) is 10.3. The lowest BCUT2D eigenvalue weighted by molar-refractivity contribution is 0.262. The molecule has 35 heavy (non-hydrogen) atoms. The predicted octanol–water partition coefficient (Wildman–Crippen LogP) is 6.73. The molecule has 4 rings (SSSR count). The Kier molecular flexibility index (Phi) is 6.98. The van der Waals surface area contributed by atoms with E-state index in [9.17, 15) is 17.6 Å². The molecule has 0 bridgehead atoms. The van der Waals surface area contributed by atoms with Crippen LogP contribution in [0.4, 0.5) is 20.6 Å². The summed E-state index contributed by atoms with van der Waals surface area (Å²) < 4.78 is 39.5. The topological polar surface area (TPSA) is 75.3 Å². The summed E-state index contributed by atoms with van der Waals surface area (Å²) in [4.78, 5) is 12.6. The zero-order valence-electron chi connectivity index (χ0n) is 19.4. The van der Waals surface area contributed by atoms with Crippen molar-refractivity contribution in [3.63, 3.8) is 0 Å². The van der Waals surface area contributed by atoms with Gasteiger partial charge in [0.1, 0.15) is 5.82 Å². The van der Waals surface area contributed by atoms with Crippen LogP contribution in [-0.2, 0) is 15.6 Å². The van der Waals surface area contributed by atoms with Crippen molar-refractivity contribution in [1.82, 2.24) is 0 Å². The highest BCUT2D eigenvalue weighted by atomic mass is 32.2. The summed E-state index contributed by atoms with van der Waals surface area (Å²) in [5.41, 5.74) is 5.04. The first kappa shape index (κ1) is 24.2. The Labute approximate surface area is 204 Å². The number of aryl methyl sites for hydroxylation is 2. The third-order valence-electron chi connectivity index (χ3n) is 5.71. The third kappa shape index (κ3) is 5.94. The van der Waals surface area contributed by atoms with Crippen LogP contribution in [-0.4, -0.2) is 14.4 Å². The highest BCUT2D eigenvalue weighted by molar-refractivity contribution is 7.90. The minimum Gasteiger partial charge on any atom is -0.308 e. The SMILES string of the molecule is Cc1cc(NC(=O)Nc2ccccc2C)ccc1CS(=O)(=O)c1cccc(-c2ccc(F)cc2)c1. The average molecular weight is 489 g/mol. The molecule has 0 aromatic heterocycles. The molecule has 4 aromatic rings. The number of carbonyl (C=O) groups is 1. The van der Waals surface area contributed by atoms with Gasteiger partial charge in [-0.2, -0.15) is 0 Å². The van der Waals surface area contributed by atoms with E-state index < -0.39 is 9.84 Å². The Morgan fingerprint density at radius 2 is 1.51 bits per heavy atom. The van der Waals surface area contributed by atoms with E-state index in [1.54, 1.807) is 54.6 Å². The Morgan fingerprint density at radius 1 is 0.771 bits per heavy atom. The first-order valence-electron chi connectivity index (χ1n) is 11.0. The van der Waals surface area contributed by atoms with Crippen molar-refractivity contribution < 1.29 is 17.6 Å². The van der Waals surface area contributed by atoms with Gasteiger partial charge in [0.05, 0.1) is 10.6 Å². The number of rotatable bonds is 6. The maximum atomic E-state index is 13.2. The first-order valence-corrected chi connectivity index (χ1v) is 12.7. The van der Waals surface area contributed by atoms with Crippen LogP contribution in [0.25, 0.3) is 11.1 Å². The van der Waals surface area contributed by atoms with Gasteiger partial charge in [0.15, 0.2) is 9.84 Å². The maximum absolute atomic E-state index is 13.2. The number of halogens is 1. The van der Waals surface area contributed by atoms with Crippen LogP contribution in [0, 0.1) is 19.7 Å². The fourth-order valence-electron chi connectivity index (χ4n) is 3.73. The van der Waals surface area contributed by atoms with Crippen LogP contribution in [0.2, 0.25) is 0 Å². The lowest BCUT2D eigenvalue weighted by atomic mass is 10.1. The third-order valence-corrected chi connectivity index (χ3v) is 7.37. The number of amides is 2. The monoisotopic (exact) mass is 488 g/mol. The van der Waals surface area contributed by atoms with Gasteiger partial charge in [-0.15, -0.1) is 0 Å². The molecule has 5 nitrogen and oxygen atoms in total. The Morgan fingerprint density at radius 3 is 2.23 bits per heavy atom. The van der Waals surface area contributed by atoms with Crippen molar-refractivity contribution in [2.24, 2.45) is 0 Å². The molecule has 0 atom stereocenters. The van der Waals surface area contributed by atoms with Crippen molar-refractivity contribution in [3.8, 4) is 11.1 Å². The summed E-state index contributed by atoms with van der Waals surface area (Å²) in [6.45, 7) is 3.72. The van der Waals surface area contributed by atoms with Crippen molar-refractivity contribution in [1.29, 1.82) is 0 Å². The van der Waals surface area contributed by atoms with Gasteiger partial charge in [0, 0.05) is 11.4 Å². The molecule has 0 saturated carbocycles. The van der Waals surface area contributed by atoms with Gasteiger partial charge in [-0.1, -0.05) is 48.5 Å². The number of hydrogen-bond donors (Lipinski definition) is 2. The van der Waals surface area contributed by atoms with E-state index in [1.807, 2.05) is 38.1 Å². The number of sulfone groups is 1. The molecule has 2 N–H and O–H groups in total. The first-order chi connectivity index (χ1) is 16.7. The molecule has 0 unspecified atom stereocenters. The Hall–Kier alpha value is -3.97. The van der Waals surface area contributed by atoms with Gasteiger partial charge >= 0.3 is 6.03 Å². The number of urea groups is 1. The van der Waals surface area contributed by atoms with Crippen LogP contribution in [0.15, 0.2) is 95.9 Å². The number of benzene rings is 4. The zero-order chi connectivity index (χ0) is 25.0. The van der Waals surface area contributed by atoms with Gasteiger partial charge in [-0.25, -0.2) is 17.6 Å². The summed E-state index contributed by atoms with van der Waals surface area (Å²) in [7, 11) is -3.63. The van der Waals surface area contributed by atoms with Crippen LogP contribution < -0.4 is 10.6 Å². The van der Waals surface area contributed by atoms with E-state index in [0.717, 1.165) is 16.7 Å². The fraction of sp³-hybridized carbons (Fsp3) is 0.107. The molecule has 0 spiro atoms. The fourth-order valence-corrected chi connectivity index (χ4v) is 5.23.